The maximum atomic E-state index is 13.4. The number of hydrogen-bond acceptors (Lipinski definition) is 2. The first-order valence-corrected chi connectivity index (χ1v) is 6.42. The molecule has 0 radical (unpaired) electrons. The highest BCUT2D eigenvalue weighted by atomic mass is 19.1. The van der Waals surface area contributed by atoms with E-state index >= 15 is 0 Å². The molecular formula is C14H19F2NO. The molecule has 2 nitrogen and oxygen atoms in total. The van der Waals surface area contributed by atoms with Gasteiger partial charge in [0.1, 0.15) is 11.6 Å². The van der Waals surface area contributed by atoms with Gasteiger partial charge in [-0.05, 0) is 44.9 Å². The molecule has 1 saturated carbocycles. The lowest BCUT2D eigenvalue weighted by molar-refractivity contribution is 0.00933. The van der Waals surface area contributed by atoms with Crippen molar-refractivity contribution in [2.45, 2.75) is 44.4 Å². The first-order valence-electron chi connectivity index (χ1n) is 6.42. The van der Waals surface area contributed by atoms with E-state index in [1.807, 2.05) is 7.05 Å². The Morgan fingerprint density at radius 3 is 2.33 bits per heavy atom. The topological polar surface area (TPSA) is 21.3 Å². The van der Waals surface area contributed by atoms with Crippen LogP contribution in [-0.4, -0.2) is 19.2 Å². The van der Waals surface area contributed by atoms with Crippen LogP contribution >= 0.6 is 0 Å². The average molecular weight is 255 g/mol. The molecule has 1 aliphatic carbocycles. The van der Waals surface area contributed by atoms with E-state index in [9.17, 15) is 8.78 Å². The van der Waals surface area contributed by atoms with Crippen LogP contribution in [0.5, 0.6) is 0 Å². The zero-order valence-corrected chi connectivity index (χ0v) is 10.6. The summed E-state index contributed by atoms with van der Waals surface area (Å²) in [4.78, 5) is 0. The summed E-state index contributed by atoms with van der Waals surface area (Å²) >= 11 is 0. The van der Waals surface area contributed by atoms with E-state index in [4.69, 9.17) is 4.74 Å². The summed E-state index contributed by atoms with van der Waals surface area (Å²) in [5, 5.41) is 3.24. The van der Waals surface area contributed by atoms with Gasteiger partial charge >= 0.3 is 0 Å². The number of benzene rings is 1. The summed E-state index contributed by atoms with van der Waals surface area (Å²) in [5.74, 6) is -1.06. The number of ether oxygens (including phenoxy) is 1. The molecule has 0 saturated heterocycles. The molecule has 0 aliphatic heterocycles. The second kappa shape index (κ2) is 6.25. The van der Waals surface area contributed by atoms with Crippen molar-refractivity contribution >= 4 is 0 Å². The fourth-order valence-corrected chi connectivity index (χ4v) is 2.39. The highest BCUT2D eigenvalue weighted by molar-refractivity contribution is 5.18. The Bertz CT molecular complexity index is 369. The van der Waals surface area contributed by atoms with E-state index < -0.39 is 11.6 Å². The minimum absolute atomic E-state index is 0.0212. The van der Waals surface area contributed by atoms with Gasteiger partial charge in [-0.25, -0.2) is 8.78 Å². The van der Waals surface area contributed by atoms with Crippen LogP contribution in [0.25, 0.3) is 0 Å². The largest absolute Gasteiger partial charge is 0.373 e. The zero-order chi connectivity index (χ0) is 13.0. The molecule has 18 heavy (non-hydrogen) atoms. The molecule has 0 unspecified atom stereocenters. The molecule has 1 N–H and O–H groups in total. The van der Waals surface area contributed by atoms with Gasteiger partial charge in [-0.3, -0.25) is 0 Å². The first kappa shape index (κ1) is 13.4. The van der Waals surface area contributed by atoms with Crippen molar-refractivity contribution in [2.75, 3.05) is 7.05 Å². The molecule has 4 heteroatoms. The monoisotopic (exact) mass is 255 g/mol. The Balaban J connectivity index is 1.85. The molecular weight excluding hydrogens is 236 g/mol. The van der Waals surface area contributed by atoms with Crippen LogP contribution in [0, 0.1) is 11.6 Å². The van der Waals surface area contributed by atoms with Crippen molar-refractivity contribution < 1.29 is 13.5 Å². The summed E-state index contributed by atoms with van der Waals surface area (Å²) in [7, 11) is 1.96. The van der Waals surface area contributed by atoms with Crippen LogP contribution in [0.4, 0.5) is 8.78 Å². The van der Waals surface area contributed by atoms with Crippen LogP contribution in [0.15, 0.2) is 18.2 Å². The molecule has 0 bridgehead atoms. The first-order chi connectivity index (χ1) is 8.70. The van der Waals surface area contributed by atoms with Gasteiger partial charge in [-0.15, -0.1) is 0 Å². The SMILES string of the molecule is CNC1CCC(OCc2c(F)cccc2F)CC1. The van der Waals surface area contributed by atoms with Crippen molar-refractivity contribution in [3.8, 4) is 0 Å². The van der Waals surface area contributed by atoms with Gasteiger partial charge in [-0.1, -0.05) is 6.07 Å². The summed E-state index contributed by atoms with van der Waals surface area (Å²) < 4.78 is 32.4. The molecule has 1 aromatic carbocycles. The quantitative estimate of drug-likeness (QED) is 0.893. The third-order valence-corrected chi connectivity index (χ3v) is 3.61. The second-order valence-electron chi connectivity index (χ2n) is 4.77. The number of hydrogen-bond donors (Lipinski definition) is 1. The molecule has 0 aromatic heterocycles. The summed E-state index contributed by atoms with van der Waals surface area (Å²) in [6.45, 7) is 0.0212. The van der Waals surface area contributed by atoms with Gasteiger partial charge in [0.25, 0.3) is 0 Å². The number of halogens is 2. The van der Waals surface area contributed by atoms with E-state index in [-0.39, 0.29) is 18.3 Å². The smallest absolute Gasteiger partial charge is 0.131 e. The van der Waals surface area contributed by atoms with Gasteiger partial charge in [0.2, 0.25) is 0 Å². The van der Waals surface area contributed by atoms with Gasteiger partial charge < -0.3 is 10.1 Å². The fraction of sp³-hybridized carbons (Fsp3) is 0.571. The maximum absolute atomic E-state index is 13.4. The van der Waals surface area contributed by atoms with E-state index in [1.165, 1.54) is 18.2 Å². The lowest BCUT2D eigenvalue weighted by Gasteiger charge is -2.28. The van der Waals surface area contributed by atoms with Gasteiger partial charge in [0, 0.05) is 11.6 Å². The highest BCUT2D eigenvalue weighted by Gasteiger charge is 2.21. The fourth-order valence-electron chi connectivity index (χ4n) is 2.39. The minimum Gasteiger partial charge on any atom is -0.373 e. The minimum atomic E-state index is -0.529. The zero-order valence-electron chi connectivity index (χ0n) is 10.6. The van der Waals surface area contributed by atoms with Gasteiger partial charge in [0.15, 0.2) is 0 Å². The Hall–Kier alpha value is -1.00. The maximum Gasteiger partial charge on any atom is 0.131 e. The molecule has 0 heterocycles. The van der Waals surface area contributed by atoms with Crippen molar-refractivity contribution in [3.05, 3.63) is 35.4 Å². The molecule has 2 rings (SSSR count). The molecule has 0 spiro atoms. The molecule has 1 aromatic rings. The molecule has 0 amide bonds. The normalized spacial score (nSPS) is 24.2. The van der Waals surface area contributed by atoms with Gasteiger partial charge in [0.05, 0.1) is 12.7 Å². The third-order valence-electron chi connectivity index (χ3n) is 3.61. The Kier molecular flexibility index (Phi) is 4.66. The predicted molar refractivity (Wildman–Crippen MR) is 66.3 cm³/mol. The summed E-state index contributed by atoms with van der Waals surface area (Å²) in [6.07, 6.45) is 4.12. The van der Waals surface area contributed by atoms with E-state index in [1.54, 1.807) is 0 Å². The molecule has 1 fully saturated rings. The van der Waals surface area contributed by atoms with E-state index in [0.29, 0.717) is 6.04 Å². The molecule has 1 aliphatic rings. The Morgan fingerprint density at radius 2 is 1.78 bits per heavy atom. The summed E-state index contributed by atoms with van der Waals surface area (Å²) in [5.41, 5.74) is 0.0354. The van der Waals surface area contributed by atoms with Crippen LogP contribution in [-0.2, 0) is 11.3 Å². The van der Waals surface area contributed by atoms with Crippen LogP contribution in [0.2, 0.25) is 0 Å². The van der Waals surface area contributed by atoms with E-state index in [2.05, 4.69) is 5.32 Å². The number of nitrogens with one attached hydrogen (secondary N) is 1. The van der Waals surface area contributed by atoms with Crippen LogP contribution in [0.1, 0.15) is 31.2 Å². The number of rotatable bonds is 4. The Morgan fingerprint density at radius 1 is 1.17 bits per heavy atom. The average Bonchev–Trinajstić information content (AvgIpc) is 2.39. The lowest BCUT2D eigenvalue weighted by Crippen LogP contribution is -2.33. The highest BCUT2D eigenvalue weighted by Crippen LogP contribution is 2.23. The van der Waals surface area contributed by atoms with Crippen molar-refractivity contribution in [1.82, 2.24) is 5.32 Å². The van der Waals surface area contributed by atoms with Crippen molar-refractivity contribution in [1.29, 1.82) is 0 Å². The predicted octanol–water partition coefficient (Wildman–Crippen LogP) is 3.01. The lowest BCUT2D eigenvalue weighted by atomic mass is 9.93. The van der Waals surface area contributed by atoms with Gasteiger partial charge in [-0.2, -0.15) is 0 Å². The molecule has 0 atom stereocenters. The van der Waals surface area contributed by atoms with Crippen LogP contribution in [0.3, 0.4) is 0 Å². The van der Waals surface area contributed by atoms with E-state index in [0.717, 1.165) is 25.7 Å². The third kappa shape index (κ3) is 3.27. The second-order valence-corrected chi connectivity index (χ2v) is 4.77. The standard InChI is InChI=1S/C14H19F2NO/c1-17-10-5-7-11(8-6-10)18-9-12-13(15)3-2-4-14(12)16/h2-4,10-11,17H,5-9H2,1H3. The summed E-state index contributed by atoms with van der Waals surface area (Å²) in [6, 6.07) is 4.45. The van der Waals surface area contributed by atoms with Crippen molar-refractivity contribution in [2.24, 2.45) is 0 Å². The van der Waals surface area contributed by atoms with Crippen LogP contribution < -0.4 is 5.32 Å². The van der Waals surface area contributed by atoms with Crippen molar-refractivity contribution in [3.63, 3.8) is 0 Å². The molecule has 100 valence electrons. The Labute approximate surface area is 106 Å².